The minimum absolute atomic E-state index is 0.175. The van der Waals surface area contributed by atoms with Crippen molar-refractivity contribution in [2.24, 2.45) is 5.41 Å². The third-order valence-corrected chi connectivity index (χ3v) is 5.78. The third kappa shape index (κ3) is 2.69. The number of nitrogens with zero attached hydrogens (tertiary/aromatic N) is 2. The number of carbonyl (C=O) groups excluding carboxylic acids is 2. The predicted octanol–water partition coefficient (Wildman–Crippen LogP) is 2.57. The first-order valence-electron chi connectivity index (χ1n) is 8.61. The molecule has 21 heavy (non-hydrogen) atoms. The number of rotatable bonds is 1. The minimum Gasteiger partial charge on any atom is -0.337 e. The Morgan fingerprint density at radius 1 is 0.952 bits per heavy atom. The smallest absolute Gasteiger partial charge is 0.245 e. The van der Waals surface area contributed by atoms with Crippen molar-refractivity contribution in [3.8, 4) is 0 Å². The molecule has 2 amide bonds. The maximum atomic E-state index is 13.0. The first-order chi connectivity index (χ1) is 10.0. The summed E-state index contributed by atoms with van der Waals surface area (Å²) in [6.07, 6.45) is 8.24. The maximum Gasteiger partial charge on any atom is 0.245 e. The summed E-state index contributed by atoms with van der Waals surface area (Å²) in [6, 6.07) is 0.139. The molecule has 3 aliphatic rings. The second-order valence-corrected chi connectivity index (χ2v) is 7.63. The average Bonchev–Trinajstić information content (AvgIpc) is 2.59. The number of fused-ring (bicyclic) bond motifs is 1. The highest BCUT2D eigenvalue weighted by Crippen LogP contribution is 2.40. The Kier molecular flexibility index (Phi) is 3.98. The van der Waals surface area contributed by atoms with Crippen molar-refractivity contribution in [3.63, 3.8) is 0 Å². The highest BCUT2D eigenvalue weighted by atomic mass is 16.2. The fraction of sp³-hybridized carbons (Fsp3) is 0.882. The fourth-order valence-corrected chi connectivity index (χ4v) is 4.51. The highest BCUT2D eigenvalue weighted by Gasteiger charge is 2.44. The van der Waals surface area contributed by atoms with Crippen molar-refractivity contribution in [1.82, 2.24) is 9.80 Å². The van der Waals surface area contributed by atoms with E-state index in [0.717, 1.165) is 32.2 Å². The van der Waals surface area contributed by atoms with Crippen LogP contribution in [0.1, 0.15) is 65.2 Å². The molecule has 3 fully saturated rings. The lowest BCUT2D eigenvalue weighted by molar-refractivity contribution is -0.146. The van der Waals surface area contributed by atoms with Crippen molar-refractivity contribution >= 4 is 11.8 Å². The van der Waals surface area contributed by atoms with Crippen LogP contribution in [0.15, 0.2) is 0 Å². The lowest BCUT2D eigenvalue weighted by Gasteiger charge is -2.46. The van der Waals surface area contributed by atoms with Crippen LogP contribution in [0.4, 0.5) is 0 Å². The molecule has 2 saturated heterocycles. The summed E-state index contributed by atoms with van der Waals surface area (Å²) >= 11 is 0. The third-order valence-electron chi connectivity index (χ3n) is 5.78. The van der Waals surface area contributed by atoms with E-state index >= 15 is 0 Å². The van der Waals surface area contributed by atoms with Gasteiger partial charge in [0, 0.05) is 25.6 Å². The summed E-state index contributed by atoms with van der Waals surface area (Å²) in [7, 11) is 0. The van der Waals surface area contributed by atoms with Crippen molar-refractivity contribution in [2.75, 3.05) is 13.1 Å². The van der Waals surface area contributed by atoms with Crippen molar-refractivity contribution in [2.45, 2.75) is 77.3 Å². The Labute approximate surface area is 127 Å². The van der Waals surface area contributed by atoms with E-state index in [9.17, 15) is 9.59 Å². The molecule has 0 radical (unpaired) electrons. The Balaban J connectivity index is 1.85. The van der Waals surface area contributed by atoms with Gasteiger partial charge >= 0.3 is 0 Å². The molecule has 2 unspecified atom stereocenters. The normalized spacial score (nSPS) is 33.6. The molecule has 0 bridgehead atoms. The number of carbonyl (C=O) groups is 2. The Morgan fingerprint density at radius 3 is 2.48 bits per heavy atom. The van der Waals surface area contributed by atoms with Crippen LogP contribution >= 0.6 is 0 Å². The summed E-state index contributed by atoms with van der Waals surface area (Å²) in [6.45, 7) is 5.97. The van der Waals surface area contributed by atoms with E-state index in [0.29, 0.717) is 19.0 Å². The molecule has 3 rings (SSSR count). The van der Waals surface area contributed by atoms with E-state index in [1.165, 1.54) is 19.3 Å². The minimum atomic E-state index is -0.175. The molecular weight excluding hydrogens is 264 g/mol. The Hall–Kier alpha value is -1.06. The molecule has 4 nitrogen and oxygen atoms in total. The van der Waals surface area contributed by atoms with E-state index in [1.54, 1.807) is 0 Å². The zero-order valence-corrected chi connectivity index (χ0v) is 13.4. The van der Waals surface area contributed by atoms with Gasteiger partial charge in [0.1, 0.15) is 6.04 Å². The molecule has 118 valence electrons. The van der Waals surface area contributed by atoms with E-state index in [4.69, 9.17) is 0 Å². The summed E-state index contributed by atoms with van der Waals surface area (Å²) < 4.78 is 0. The van der Waals surface area contributed by atoms with Crippen LogP contribution in [0.2, 0.25) is 0 Å². The largest absolute Gasteiger partial charge is 0.337 e. The van der Waals surface area contributed by atoms with Crippen LogP contribution in [-0.2, 0) is 9.59 Å². The van der Waals surface area contributed by atoms with Gasteiger partial charge in [0.2, 0.25) is 11.8 Å². The summed E-state index contributed by atoms with van der Waals surface area (Å²) in [4.78, 5) is 29.3. The summed E-state index contributed by atoms with van der Waals surface area (Å²) in [5.41, 5.74) is 0.181. The van der Waals surface area contributed by atoms with Gasteiger partial charge in [0.15, 0.2) is 0 Å². The molecule has 0 N–H and O–H groups in total. The number of hydrogen-bond donors (Lipinski definition) is 0. The Bertz CT molecular complexity index is 433. The molecule has 0 aromatic rings. The van der Waals surface area contributed by atoms with Gasteiger partial charge < -0.3 is 9.80 Å². The predicted molar refractivity (Wildman–Crippen MR) is 81.7 cm³/mol. The molecule has 2 heterocycles. The van der Waals surface area contributed by atoms with E-state index in [-0.39, 0.29) is 23.3 Å². The van der Waals surface area contributed by atoms with E-state index < -0.39 is 0 Å². The van der Waals surface area contributed by atoms with Crippen molar-refractivity contribution in [1.29, 1.82) is 0 Å². The van der Waals surface area contributed by atoms with Gasteiger partial charge in [0.05, 0.1) is 0 Å². The fourth-order valence-electron chi connectivity index (χ4n) is 4.51. The van der Waals surface area contributed by atoms with Crippen molar-refractivity contribution < 1.29 is 9.59 Å². The molecule has 0 spiro atoms. The van der Waals surface area contributed by atoms with Crippen LogP contribution in [0.5, 0.6) is 0 Å². The lowest BCUT2D eigenvalue weighted by atomic mass is 9.72. The van der Waals surface area contributed by atoms with Crippen LogP contribution in [-0.4, -0.2) is 46.8 Å². The van der Waals surface area contributed by atoms with Crippen LogP contribution < -0.4 is 0 Å². The van der Waals surface area contributed by atoms with Gasteiger partial charge in [-0.3, -0.25) is 9.59 Å². The summed E-state index contributed by atoms with van der Waals surface area (Å²) in [5, 5.41) is 0. The number of piperidine rings is 1. The van der Waals surface area contributed by atoms with Crippen LogP contribution in [0.3, 0.4) is 0 Å². The SMILES string of the molecule is CC1(C)CCCCC1N1CCC(=O)N2CCCCC2C1=O. The Morgan fingerprint density at radius 2 is 1.71 bits per heavy atom. The molecule has 1 aliphatic carbocycles. The first kappa shape index (κ1) is 14.9. The maximum absolute atomic E-state index is 13.0. The average molecular weight is 292 g/mol. The van der Waals surface area contributed by atoms with Gasteiger partial charge in [-0.2, -0.15) is 0 Å². The van der Waals surface area contributed by atoms with Gasteiger partial charge in [-0.25, -0.2) is 0 Å². The first-order valence-corrected chi connectivity index (χ1v) is 8.61. The number of amides is 2. The quantitative estimate of drug-likeness (QED) is 0.745. The molecule has 1 saturated carbocycles. The van der Waals surface area contributed by atoms with Crippen molar-refractivity contribution in [3.05, 3.63) is 0 Å². The zero-order chi connectivity index (χ0) is 15.0. The summed E-state index contributed by atoms with van der Waals surface area (Å²) in [5.74, 6) is 0.407. The molecule has 0 aromatic heterocycles. The monoisotopic (exact) mass is 292 g/mol. The molecule has 2 atom stereocenters. The number of hydrogen-bond acceptors (Lipinski definition) is 2. The second kappa shape index (κ2) is 5.62. The van der Waals surface area contributed by atoms with Crippen LogP contribution in [0, 0.1) is 5.41 Å². The lowest BCUT2D eigenvalue weighted by Crippen LogP contribution is -2.55. The topological polar surface area (TPSA) is 40.6 Å². The standard InChI is InChI=1S/C17H28N2O2/c1-17(2)10-5-3-8-14(17)19-12-9-15(20)18-11-6-4-7-13(18)16(19)21/h13-14H,3-12H2,1-2H3. The van der Waals surface area contributed by atoms with Gasteiger partial charge in [-0.1, -0.05) is 26.7 Å². The zero-order valence-electron chi connectivity index (χ0n) is 13.4. The van der Waals surface area contributed by atoms with Gasteiger partial charge in [-0.05, 0) is 37.5 Å². The highest BCUT2D eigenvalue weighted by molar-refractivity contribution is 5.90. The molecule has 2 aliphatic heterocycles. The van der Waals surface area contributed by atoms with Crippen LogP contribution in [0.25, 0.3) is 0 Å². The van der Waals surface area contributed by atoms with Gasteiger partial charge in [0.25, 0.3) is 0 Å². The van der Waals surface area contributed by atoms with E-state index in [1.807, 2.05) is 4.90 Å². The van der Waals surface area contributed by atoms with Gasteiger partial charge in [-0.15, -0.1) is 0 Å². The van der Waals surface area contributed by atoms with E-state index in [2.05, 4.69) is 18.7 Å². The molecule has 0 aromatic carbocycles. The second-order valence-electron chi connectivity index (χ2n) is 7.63. The molecular formula is C17H28N2O2. The molecule has 4 heteroatoms.